The van der Waals surface area contributed by atoms with Crippen LogP contribution in [-0.2, 0) is 93.6 Å². The topological polar surface area (TPSA) is 541 Å². The first-order chi connectivity index (χ1) is 60.6. The van der Waals surface area contributed by atoms with Gasteiger partial charge in [0.25, 0.3) is 11.8 Å². The molecule has 0 unspecified atom stereocenters. The van der Waals surface area contributed by atoms with Crippen LogP contribution in [0.5, 0.6) is 11.5 Å². The molecule has 0 radical (unpaired) electrons. The van der Waals surface area contributed by atoms with Crippen LogP contribution in [0.4, 0.5) is 27.2 Å². The van der Waals surface area contributed by atoms with Crippen molar-refractivity contribution in [3.05, 3.63) is 124 Å². The quantitative estimate of drug-likeness (QED) is 0.0140. The van der Waals surface area contributed by atoms with Crippen LogP contribution in [-0.4, -0.2) is 247 Å². The summed E-state index contributed by atoms with van der Waals surface area (Å²) in [6.45, 7) is 21.9. The molecular weight excluding hydrogens is 1630 g/mol. The molecule has 2 aliphatic heterocycles. The number of carbonyl (C=O) groups is 10. The van der Waals surface area contributed by atoms with Crippen molar-refractivity contribution in [1.29, 1.82) is 0 Å². The van der Waals surface area contributed by atoms with Gasteiger partial charge in [0.2, 0.25) is 47.3 Å². The molecule has 7 heterocycles. The molecule has 0 bridgehead atoms. The number of ether oxygens (including phenoxy) is 7. The molecule has 3 aromatic carbocycles. The van der Waals surface area contributed by atoms with E-state index in [9.17, 15) is 47.9 Å². The number of fused-ring (bicyclic) bond motifs is 3. The average Bonchev–Trinajstić information content (AvgIpc) is 1.62. The number of aryl methyl sites for hydroxylation is 4. The number of carbonyl (C=O) groups excluding carboxylic acids is 10. The van der Waals surface area contributed by atoms with E-state index in [1.807, 2.05) is 39.8 Å². The van der Waals surface area contributed by atoms with E-state index in [-0.39, 0.29) is 131 Å². The van der Waals surface area contributed by atoms with Gasteiger partial charge in [-0.15, -0.1) is 10.2 Å². The molecule has 3 atom stereocenters. The second-order valence-electron chi connectivity index (χ2n) is 31.2. The number of allylic oxidation sites excluding steroid dienone is 2. The molecular formula is C84H118N24O18. The molecule has 126 heavy (non-hydrogen) atoms. The van der Waals surface area contributed by atoms with Crippen LogP contribution in [0.3, 0.4) is 0 Å². The average molecular weight is 1750 g/mol. The second-order valence-corrected chi connectivity index (χ2v) is 31.2. The van der Waals surface area contributed by atoms with Crippen molar-refractivity contribution in [2.45, 2.75) is 170 Å². The molecule has 11 amide bonds. The van der Waals surface area contributed by atoms with Crippen molar-refractivity contribution < 1.29 is 85.9 Å². The predicted molar refractivity (Wildman–Crippen MR) is 463 cm³/mol. The third-order valence-electron chi connectivity index (χ3n) is 21.1. The maximum Gasteiger partial charge on any atom is 0.408 e. The highest BCUT2D eigenvalue weighted by Crippen LogP contribution is 2.35. The van der Waals surface area contributed by atoms with Crippen LogP contribution in [0.2, 0.25) is 0 Å². The standard InChI is InChI=1S/C84H118N24O18/c1-10-107-64(43-53(7)100-107)77(113)96-82-92-61-45-57(73(85)110)47-66(119-9)71(61)105(82)26-12-13-27-106-72-62(93-83(106)97-78(114)65-44-54(8)101-108(65)11-2)46-58(74(86)111)48-67(72)124-32-15-25-102-28-21-56(22-29-102)75-99-98-68-49-103(30-31-104(68)75)80(116)63(42-51(3)4)94-84(118)125-50-55-17-19-59(20-18-55)90-76(112)60(16-14-24-89-81(87)117)91-79(115)70(52(5)6)95-69(109)23-33-120-34-35-121-36-37-122-38-39-123-40-41-126-88/h12-13,17-20,43-48,51-52,56,60,63,70H,10-11,14-16,21-42,49-50,88H2,1-9H3,(H2,85,110)(H2,86,111)(H,90,112)(H,91,115)(H,94,118)(H,95,109)(H3,87,89,117)(H,92,96,113)(H,93,97,114)/b13-12+/t60-,63-,70-/m0/s1. The van der Waals surface area contributed by atoms with E-state index in [0.29, 0.717) is 153 Å². The van der Waals surface area contributed by atoms with E-state index in [2.05, 4.69) is 71.9 Å². The highest BCUT2D eigenvalue weighted by molar-refractivity contribution is 6.06. The number of hydrogen-bond donors (Lipinski definition) is 11. The summed E-state index contributed by atoms with van der Waals surface area (Å²) in [5.41, 5.74) is 21.6. The molecule has 0 aliphatic carbocycles. The summed E-state index contributed by atoms with van der Waals surface area (Å²) in [7, 11) is 1.45. The van der Waals surface area contributed by atoms with Crippen molar-refractivity contribution in [1.82, 2.24) is 84.5 Å². The molecule has 1 saturated heterocycles. The van der Waals surface area contributed by atoms with Crippen molar-refractivity contribution in [3.8, 4) is 11.5 Å². The largest absolute Gasteiger partial charge is 0.494 e. The number of imidazole rings is 2. The Hall–Kier alpha value is -12.5. The van der Waals surface area contributed by atoms with Gasteiger partial charge >= 0.3 is 12.1 Å². The lowest BCUT2D eigenvalue weighted by Gasteiger charge is -2.34. The van der Waals surface area contributed by atoms with Crippen LogP contribution in [0, 0.1) is 25.7 Å². The van der Waals surface area contributed by atoms with Gasteiger partial charge in [-0.05, 0) is 145 Å². The minimum atomic E-state index is -1.10. The van der Waals surface area contributed by atoms with Crippen molar-refractivity contribution in [2.24, 2.45) is 34.9 Å². The molecule has 1 fully saturated rings. The Labute approximate surface area is 728 Å². The van der Waals surface area contributed by atoms with Crippen molar-refractivity contribution in [3.63, 3.8) is 0 Å². The normalized spacial score (nSPS) is 13.8. The van der Waals surface area contributed by atoms with Crippen LogP contribution in [0.15, 0.2) is 72.8 Å². The Morgan fingerprint density at radius 3 is 1.71 bits per heavy atom. The van der Waals surface area contributed by atoms with E-state index in [4.69, 9.17) is 66.2 Å². The number of piperidine rings is 1. The summed E-state index contributed by atoms with van der Waals surface area (Å²) in [5.74, 6) is 2.78. The van der Waals surface area contributed by atoms with Crippen molar-refractivity contribution >= 4 is 99.0 Å². The fraction of sp³-hybridized carbons (Fsp3) is 0.524. The van der Waals surface area contributed by atoms with Gasteiger partial charge < -0.3 is 105 Å². The molecule has 42 nitrogen and oxygen atoms in total. The number of methoxy groups -OCH3 is 1. The lowest BCUT2D eigenvalue weighted by molar-refractivity contribution is -0.135. The minimum absolute atomic E-state index is 0.0162. The Bertz CT molecular complexity index is 5100. The van der Waals surface area contributed by atoms with Gasteiger partial charge in [-0.3, -0.25) is 58.4 Å². The van der Waals surface area contributed by atoms with Gasteiger partial charge in [-0.2, -0.15) is 10.2 Å². The van der Waals surface area contributed by atoms with Crippen LogP contribution in [0.1, 0.15) is 163 Å². The monoisotopic (exact) mass is 1750 g/mol. The number of rotatable bonds is 50. The summed E-state index contributed by atoms with van der Waals surface area (Å²) < 4.78 is 48.5. The zero-order valence-electron chi connectivity index (χ0n) is 72.9. The number of hydrogen-bond acceptors (Lipinski definition) is 26. The van der Waals surface area contributed by atoms with Gasteiger partial charge in [-0.25, -0.2) is 25.5 Å². The maximum atomic E-state index is 14.4. The Morgan fingerprint density at radius 2 is 1.17 bits per heavy atom. The number of primary amides is 3. The Balaban J connectivity index is 0.709. The first kappa shape index (κ1) is 95.7. The van der Waals surface area contributed by atoms with E-state index in [0.717, 1.165) is 31.8 Å². The Kier molecular flexibility index (Phi) is 35.7. The molecule has 682 valence electrons. The number of likely N-dealkylation sites (tertiary alicyclic amines) is 1. The molecule has 5 aromatic heterocycles. The van der Waals surface area contributed by atoms with E-state index in [1.165, 1.54) is 19.2 Å². The number of amides is 11. The Morgan fingerprint density at radius 1 is 0.611 bits per heavy atom. The lowest BCUT2D eigenvalue weighted by atomic mass is 9.95. The van der Waals surface area contributed by atoms with Gasteiger partial charge in [0.15, 0.2) is 5.82 Å². The first-order valence-corrected chi connectivity index (χ1v) is 42.4. The van der Waals surface area contributed by atoms with E-state index < -0.39 is 71.6 Å². The highest BCUT2D eigenvalue weighted by atomic mass is 16.6. The first-order valence-electron chi connectivity index (χ1n) is 42.4. The lowest BCUT2D eigenvalue weighted by Crippen LogP contribution is -2.54. The number of urea groups is 1. The number of anilines is 3. The third-order valence-corrected chi connectivity index (χ3v) is 21.1. The van der Waals surface area contributed by atoms with Crippen LogP contribution >= 0.6 is 0 Å². The van der Waals surface area contributed by atoms with Gasteiger partial charge in [-0.1, -0.05) is 52.0 Å². The number of alkyl carbamates (subject to hydrolysis) is 1. The third kappa shape index (κ3) is 26.8. The van der Waals surface area contributed by atoms with Gasteiger partial charge in [0.05, 0.1) is 102 Å². The van der Waals surface area contributed by atoms with E-state index >= 15 is 0 Å². The van der Waals surface area contributed by atoms with E-state index in [1.54, 1.807) is 99.6 Å². The maximum absolute atomic E-state index is 14.4. The molecule has 2 aliphatic rings. The summed E-state index contributed by atoms with van der Waals surface area (Å²) >= 11 is 0. The molecule has 42 heteroatoms. The minimum Gasteiger partial charge on any atom is -0.494 e. The zero-order valence-corrected chi connectivity index (χ0v) is 72.9. The molecule has 0 saturated carbocycles. The second kappa shape index (κ2) is 47.0. The molecule has 10 rings (SSSR count). The fourth-order valence-electron chi connectivity index (χ4n) is 14.8. The molecule has 8 aromatic rings. The number of nitrogens with two attached hydrogens (primary N) is 4. The highest BCUT2D eigenvalue weighted by Gasteiger charge is 2.35. The van der Waals surface area contributed by atoms with Crippen LogP contribution in [0.25, 0.3) is 22.1 Å². The number of nitrogens with zero attached hydrogens (tertiary/aromatic N) is 13. The van der Waals surface area contributed by atoms with Crippen LogP contribution < -0.4 is 69.8 Å². The smallest absolute Gasteiger partial charge is 0.408 e. The predicted octanol–water partition coefficient (Wildman–Crippen LogP) is 4.69. The summed E-state index contributed by atoms with van der Waals surface area (Å²) in [4.78, 5) is 152. The summed E-state index contributed by atoms with van der Waals surface area (Å²) in [6.07, 6.45) is 5.69. The van der Waals surface area contributed by atoms with Gasteiger partial charge in [0, 0.05) is 81.5 Å². The molecule has 15 N–H and O–H groups in total. The van der Waals surface area contributed by atoms with Crippen molar-refractivity contribution in [2.75, 3.05) is 122 Å². The number of aromatic nitrogens is 11. The summed E-state index contributed by atoms with van der Waals surface area (Å²) in [5, 5.41) is 37.7. The molecule has 0 spiro atoms. The number of nitrogens with one attached hydrogen (secondary N) is 7. The fourth-order valence-corrected chi connectivity index (χ4v) is 14.8. The summed E-state index contributed by atoms with van der Waals surface area (Å²) in [6, 6.07) is 12.2. The SMILES string of the molecule is CCn1nc(C)cc1C(=O)Nc1nc2cc(C(N)=O)cc(OC)c2n1C/C=C/Cn1c(NC(=O)c2cc(C)nn2CC)nc2cc(C(N)=O)cc(OCCCN3CCC(c4nnc5n4CCN(C(=O)[C@H](CC(C)C)NC(=O)OCc4ccc(NC(=O)[C@H](CCCNC(N)=O)NC(=O)[C@@H](NC(=O)CCOCCOCCOCCOCCON)C(C)C)cc4)C5)CC3)c21. The number of benzene rings is 3. The van der Waals surface area contributed by atoms with Gasteiger partial charge in [0.1, 0.15) is 64.5 Å². The zero-order chi connectivity index (χ0) is 90.5.